The molecule has 0 heterocycles. The first-order valence-corrected chi connectivity index (χ1v) is 7.78. The SMILES string of the molecule is S=C(NCc1ccc(Cl)cc1)N[C@H]1C[C@@H]2CC[C@@H]1C2. The van der Waals surface area contributed by atoms with Crippen molar-refractivity contribution in [3.63, 3.8) is 0 Å². The van der Waals surface area contributed by atoms with E-state index in [1.165, 1.54) is 31.2 Å². The topological polar surface area (TPSA) is 24.1 Å². The standard InChI is InChI=1S/C15H19ClN2S/c16-13-5-2-10(3-6-13)9-17-15(19)18-14-8-11-1-4-12(14)7-11/h2-3,5-6,11-12,14H,1,4,7-9H2,(H2,17,18,19)/t11-,12-,14+/m1/s1. The van der Waals surface area contributed by atoms with Gasteiger partial charge in [0.2, 0.25) is 0 Å². The van der Waals surface area contributed by atoms with Crippen molar-refractivity contribution in [1.29, 1.82) is 0 Å². The predicted octanol–water partition coefficient (Wildman–Crippen LogP) is 3.49. The summed E-state index contributed by atoms with van der Waals surface area (Å²) in [6.07, 6.45) is 5.50. The first kappa shape index (κ1) is 13.2. The van der Waals surface area contributed by atoms with Crippen LogP contribution in [0.5, 0.6) is 0 Å². The van der Waals surface area contributed by atoms with E-state index >= 15 is 0 Å². The third-order valence-corrected chi connectivity index (χ3v) is 4.94. The van der Waals surface area contributed by atoms with Crippen LogP contribution in [0.4, 0.5) is 0 Å². The lowest BCUT2D eigenvalue weighted by Crippen LogP contribution is -2.43. The highest BCUT2D eigenvalue weighted by molar-refractivity contribution is 7.80. The molecule has 19 heavy (non-hydrogen) atoms. The summed E-state index contributed by atoms with van der Waals surface area (Å²) in [6, 6.07) is 8.46. The van der Waals surface area contributed by atoms with Gasteiger partial charge in [-0.05, 0) is 61.0 Å². The molecule has 0 spiro atoms. The molecular formula is C15H19ClN2S. The van der Waals surface area contributed by atoms with E-state index in [-0.39, 0.29) is 0 Å². The van der Waals surface area contributed by atoms with Gasteiger partial charge in [0.05, 0.1) is 0 Å². The molecule has 2 N–H and O–H groups in total. The Balaban J connectivity index is 1.45. The average Bonchev–Trinajstić information content (AvgIpc) is 3.00. The van der Waals surface area contributed by atoms with Crippen LogP contribution in [0.3, 0.4) is 0 Å². The van der Waals surface area contributed by atoms with E-state index in [4.69, 9.17) is 23.8 Å². The molecule has 0 unspecified atom stereocenters. The lowest BCUT2D eigenvalue weighted by Gasteiger charge is -2.24. The molecule has 0 aromatic heterocycles. The second-order valence-electron chi connectivity index (χ2n) is 5.73. The van der Waals surface area contributed by atoms with Gasteiger partial charge in [0.15, 0.2) is 5.11 Å². The molecule has 0 radical (unpaired) electrons. The van der Waals surface area contributed by atoms with Crippen molar-refractivity contribution in [3.05, 3.63) is 34.9 Å². The third-order valence-electron chi connectivity index (χ3n) is 4.42. The Labute approximate surface area is 124 Å². The van der Waals surface area contributed by atoms with E-state index in [1.54, 1.807) is 0 Å². The molecule has 3 rings (SSSR count). The quantitative estimate of drug-likeness (QED) is 0.835. The number of halogens is 1. The molecule has 3 atom stereocenters. The fraction of sp³-hybridized carbons (Fsp3) is 0.533. The first-order valence-electron chi connectivity index (χ1n) is 6.99. The summed E-state index contributed by atoms with van der Waals surface area (Å²) in [7, 11) is 0. The Morgan fingerprint density at radius 2 is 2.00 bits per heavy atom. The first-order chi connectivity index (χ1) is 9.20. The molecule has 2 aliphatic rings. The van der Waals surface area contributed by atoms with E-state index in [0.717, 1.165) is 28.5 Å². The number of hydrogen-bond acceptors (Lipinski definition) is 1. The molecule has 0 saturated heterocycles. The van der Waals surface area contributed by atoms with E-state index in [1.807, 2.05) is 24.3 Å². The zero-order chi connectivity index (χ0) is 13.2. The normalized spacial score (nSPS) is 28.4. The van der Waals surface area contributed by atoms with Gasteiger partial charge >= 0.3 is 0 Å². The van der Waals surface area contributed by atoms with Crippen molar-refractivity contribution < 1.29 is 0 Å². The van der Waals surface area contributed by atoms with Crippen molar-refractivity contribution in [2.75, 3.05) is 0 Å². The second-order valence-corrected chi connectivity index (χ2v) is 6.58. The van der Waals surface area contributed by atoms with Gasteiger partial charge in [0.1, 0.15) is 0 Å². The van der Waals surface area contributed by atoms with Gasteiger partial charge in [0, 0.05) is 17.6 Å². The molecule has 0 amide bonds. The van der Waals surface area contributed by atoms with Gasteiger partial charge in [-0.25, -0.2) is 0 Å². The van der Waals surface area contributed by atoms with Gasteiger partial charge < -0.3 is 10.6 Å². The van der Waals surface area contributed by atoms with Gasteiger partial charge in [-0.15, -0.1) is 0 Å². The van der Waals surface area contributed by atoms with Crippen molar-refractivity contribution in [1.82, 2.24) is 10.6 Å². The molecule has 2 fully saturated rings. The maximum Gasteiger partial charge on any atom is 0.166 e. The smallest absolute Gasteiger partial charge is 0.166 e. The minimum Gasteiger partial charge on any atom is -0.360 e. The van der Waals surface area contributed by atoms with Crippen molar-refractivity contribution in [2.45, 2.75) is 38.3 Å². The molecule has 102 valence electrons. The van der Waals surface area contributed by atoms with Gasteiger partial charge in [-0.2, -0.15) is 0 Å². The van der Waals surface area contributed by atoms with Gasteiger partial charge in [-0.3, -0.25) is 0 Å². The minimum absolute atomic E-state index is 0.601. The highest BCUT2D eigenvalue weighted by Gasteiger charge is 2.39. The molecule has 0 aliphatic heterocycles. The van der Waals surface area contributed by atoms with Gasteiger partial charge in [-0.1, -0.05) is 30.2 Å². The number of benzene rings is 1. The van der Waals surface area contributed by atoms with Crippen molar-refractivity contribution in [2.24, 2.45) is 11.8 Å². The number of rotatable bonds is 3. The number of fused-ring (bicyclic) bond motifs is 2. The Hall–Kier alpha value is -0.800. The molecule has 1 aromatic rings. The minimum atomic E-state index is 0.601. The second kappa shape index (κ2) is 5.68. The van der Waals surface area contributed by atoms with Crippen molar-refractivity contribution in [3.8, 4) is 0 Å². The monoisotopic (exact) mass is 294 g/mol. The third kappa shape index (κ3) is 3.21. The van der Waals surface area contributed by atoms with Crippen LogP contribution < -0.4 is 10.6 Å². The lowest BCUT2D eigenvalue weighted by molar-refractivity contribution is 0.389. The highest BCUT2D eigenvalue weighted by Crippen LogP contribution is 2.44. The fourth-order valence-corrected chi connectivity index (χ4v) is 3.78. The Morgan fingerprint density at radius 1 is 1.21 bits per heavy atom. The summed E-state index contributed by atoms with van der Waals surface area (Å²) < 4.78 is 0. The largest absolute Gasteiger partial charge is 0.360 e. The van der Waals surface area contributed by atoms with Crippen LogP contribution >= 0.6 is 23.8 Å². The Bertz CT molecular complexity index is 460. The van der Waals surface area contributed by atoms with Crippen LogP contribution in [0.15, 0.2) is 24.3 Å². The molecular weight excluding hydrogens is 276 g/mol. The lowest BCUT2D eigenvalue weighted by atomic mass is 9.96. The van der Waals surface area contributed by atoms with Crippen molar-refractivity contribution >= 4 is 28.9 Å². The van der Waals surface area contributed by atoms with Crippen LogP contribution in [-0.2, 0) is 6.54 Å². The summed E-state index contributed by atoms with van der Waals surface area (Å²) in [5.74, 6) is 1.79. The van der Waals surface area contributed by atoms with E-state index in [9.17, 15) is 0 Å². The highest BCUT2D eigenvalue weighted by atomic mass is 35.5. The Kier molecular flexibility index (Phi) is 3.94. The van der Waals surface area contributed by atoms with Crippen LogP contribution in [0.1, 0.15) is 31.2 Å². The predicted molar refractivity (Wildman–Crippen MR) is 83.3 cm³/mol. The van der Waals surface area contributed by atoms with Crippen LogP contribution in [0.2, 0.25) is 5.02 Å². The van der Waals surface area contributed by atoms with E-state index in [2.05, 4.69) is 10.6 Å². The summed E-state index contributed by atoms with van der Waals surface area (Å²) in [6.45, 7) is 0.754. The number of hydrogen-bond donors (Lipinski definition) is 2. The molecule has 2 aliphatic carbocycles. The zero-order valence-corrected chi connectivity index (χ0v) is 12.4. The van der Waals surface area contributed by atoms with E-state index in [0.29, 0.717) is 6.04 Å². The summed E-state index contributed by atoms with van der Waals surface area (Å²) >= 11 is 11.2. The molecule has 4 heteroatoms. The maximum absolute atomic E-state index is 5.87. The van der Waals surface area contributed by atoms with Crippen LogP contribution in [0, 0.1) is 11.8 Å². The van der Waals surface area contributed by atoms with E-state index < -0.39 is 0 Å². The molecule has 2 nitrogen and oxygen atoms in total. The van der Waals surface area contributed by atoms with Crippen LogP contribution in [-0.4, -0.2) is 11.2 Å². The van der Waals surface area contributed by atoms with Gasteiger partial charge in [0.25, 0.3) is 0 Å². The van der Waals surface area contributed by atoms with Crippen LogP contribution in [0.25, 0.3) is 0 Å². The molecule has 2 bridgehead atoms. The number of thiocarbonyl (C=S) groups is 1. The summed E-state index contributed by atoms with van der Waals surface area (Å²) in [5.41, 5.74) is 1.20. The fourth-order valence-electron chi connectivity index (χ4n) is 3.43. The molecule has 1 aromatic carbocycles. The summed E-state index contributed by atoms with van der Waals surface area (Å²) in [5, 5.41) is 8.32. The zero-order valence-electron chi connectivity index (χ0n) is 10.9. The summed E-state index contributed by atoms with van der Waals surface area (Å²) in [4.78, 5) is 0. The average molecular weight is 295 g/mol. The maximum atomic E-state index is 5.87. The Morgan fingerprint density at radius 3 is 2.63 bits per heavy atom. The number of nitrogens with one attached hydrogen (secondary N) is 2. The molecule has 2 saturated carbocycles.